The quantitative estimate of drug-likeness (QED) is 0.0499. The maximum atomic E-state index is 13.4. The molecule has 1 saturated carbocycles. The Bertz CT molecular complexity index is 843. The summed E-state index contributed by atoms with van der Waals surface area (Å²) in [5.41, 5.74) is -0.399. The van der Waals surface area contributed by atoms with Crippen LogP contribution >= 0.6 is 0 Å². The van der Waals surface area contributed by atoms with E-state index in [-0.39, 0.29) is 35.3 Å². The monoisotopic (exact) mass is 720 g/mol. The molecule has 1 rings (SSSR count). The molecule has 0 amide bonds. The molecule has 0 N–H and O–H groups in total. The van der Waals surface area contributed by atoms with Crippen LogP contribution in [0.3, 0.4) is 0 Å². The van der Waals surface area contributed by atoms with Gasteiger partial charge in [0, 0.05) is 12.8 Å². The zero-order chi connectivity index (χ0) is 38.0. The van der Waals surface area contributed by atoms with Gasteiger partial charge in [-0.15, -0.1) is 0 Å². The summed E-state index contributed by atoms with van der Waals surface area (Å²) in [6.07, 6.45) is 34.4. The number of rotatable bonds is 33. The molecule has 0 aliphatic heterocycles. The summed E-state index contributed by atoms with van der Waals surface area (Å²) in [4.78, 5) is 27.9. The van der Waals surface area contributed by atoms with Crippen molar-refractivity contribution >= 4 is 11.9 Å². The predicted molar refractivity (Wildman–Crippen MR) is 219 cm³/mol. The first-order chi connectivity index (χ1) is 24.3. The standard InChI is InChI=1S/C46H89NO4/c1-10-12-14-16-18-20-22-24-26-28-31-41(32-29-27-25-23-21-19-17-15-13-11-2)45(4,5)38-46(6,7)51-44(49)37-40-34-35-42(39(40)3)50-43(48)33-30-36-47(8)9/h39-42H,10-38H2,1-9H3. The zero-order valence-electron chi connectivity index (χ0n) is 35.9. The Kier molecular flexibility index (Phi) is 26.6. The van der Waals surface area contributed by atoms with Crippen LogP contribution in [0, 0.1) is 23.2 Å². The van der Waals surface area contributed by atoms with Gasteiger partial charge in [-0.1, -0.05) is 163 Å². The van der Waals surface area contributed by atoms with Crippen LogP contribution in [-0.2, 0) is 19.1 Å². The van der Waals surface area contributed by atoms with E-state index >= 15 is 0 Å². The fourth-order valence-electron chi connectivity index (χ4n) is 8.95. The highest BCUT2D eigenvalue weighted by Crippen LogP contribution is 2.43. The Morgan fingerprint density at radius 1 is 0.647 bits per heavy atom. The van der Waals surface area contributed by atoms with E-state index in [1.54, 1.807) is 0 Å². The Balaban J connectivity index is 2.61. The third-order valence-electron chi connectivity index (χ3n) is 12.0. The molecule has 5 heteroatoms. The van der Waals surface area contributed by atoms with Gasteiger partial charge < -0.3 is 14.4 Å². The van der Waals surface area contributed by atoms with Crippen molar-refractivity contribution < 1.29 is 19.1 Å². The van der Waals surface area contributed by atoms with Crippen molar-refractivity contribution in [1.29, 1.82) is 0 Å². The van der Waals surface area contributed by atoms with Crippen molar-refractivity contribution in [1.82, 2.24) is 4.90 Å². The molecule has 51 heavy (non-hydrogen) atoms. The lowest BCUT2D eigenvalue weighted by molar-refractivity contribution is -0.161. The third kappa shape index (κ3) is 24.0. The number of carbonyl (C=O) groups excluding carboxylic acids is 2. The van der Waals surface area contributed by atoms with Gasteiger partial charge in [0.2, 0.25) is 0 Å². The Morgan fingerprint density at radius 3 is 1.55 bits per heavy atom. The van der Waals surface area contributed by atoms with E-state index in [0.717, 1.165) is 32.2 Å². The molecule has 5 nitrogen and oxygen atoms in total. The van der Waals surface area contributed by atoms with Crippen molar-refractivity contribution in [2.24, 2.45) is 23.2 Å². The number of hydrogen-bond acceptors (Lipinski definition) is 5. The Morgan fingerprint density at radius 2 is 1.10 bits per heavy atom. The lowest BCUT2D eigenvalue weighted by atomic mass is 9.68. The molecule has 3 atom stereocenters. The van der Waals surface area contributed by atoms with E-state index in [9.17, 15) is 9.59 Å². The van der Waals surface area contributed by atoms with Crippen molar-refractivity contribution in [3.8, 4) is 0 Å². The summed E-state index contributed by atoms with van der Waals surface area (Å²) in [7, 11) is 4.04. The maximum absolute atomic E-state index is 13.4. The number of unbranched alkanes of at least 4 members (excludes halogenated alkanes) is 18. The highest BCUT2D eigenvalue weighted by atomic mass is 16.6. The van der Waals surface area contributed by atoms with Crippen LogP contribution in [0.2, 0.25) is 0 Å². The molecule has 0 heterocycles. The van der Waals surface area contributed by atoms with E-state index in [4.69, 9.17) is 9.47 Å². The summed E-state index contributed by atoms with van der Waals surface area (Å²) in [5.74, 6) is 0.848. The van der Waals surface area contributed by atoms with E-state index in [1.165, 1.54) is 141 Å². The van der Waals surface area contributed by atoms with Gasteiger partial charge in [-0.05, 0) is 96.2 Å². The lowest BCUT2D eigenvalue weighted by Gasteiger charge is -2.41. The van der Waals surface area contributed by atoms with E-state index in [2.05, 4.69) is 53.4 Å². The van der Waals surface area contributed by atoms with E-state index in [1.807, 2.05) is 14.1 Å². The molecule has 3 unspecified atom stereocenters. The molecule has 0 radical (unpaired) electrons. The molecule has 1 fully saturated rings. The molecule has 0 bridgehead atoms. The van der Waals surface area contributed by atoms with Crippen molar-refractivity contribution in [2.45, 2.75) is 240 Å². The minimum absolute atomic E-state index is 0.0843. The highest BCUT2D eigenvalue weighted by Gasteiger charge is 2.40. The number of carbonyl (C=O) groups is 2. The first-order valence-electron chi connectivity index (χ1n) is 22.4. The van der Waals surface area contributed by atoms with Gasteiger partial charge in [0.05, 0.1) is 0 Å². The van der Waals surface area contributed by atoms with Crippen molar-refractivity contribution in [3.63, 3.8) is 0 Å². The fourth-order valence-corrected chi connectivity index (χ4v) is 8.95. The molecule has 302 valence electrons. The molecule has 0 saturated heterocycles. The molecule has 1 aliphatic carbocycles. The van der Waals surface area contributed by atoms with E-state index in [0.29, 0.717) is 18.8 Å². The second kappa shape index (κ2) is 28.4. The van der Waals surface area contributed by atoms with Crippen LogP contribution in [-0.4, -0.2) is 49.2 Å². The normalized spacial score (nSPS) is 18.2. The van der Waals surface area contributed by atoms with Crippen LogP contribution in [0.1, 0.15) is 228 Å². The van der Waals surface area contributed by atoms with Gasteiger partial charge in [0.15, 0.2) is 0 Å². The largest absolute Gasteiger partial charge is 0.462 e. The first-order valence-corrected chi connectivity index (χ1v) is 22.4. The molecular weight excluding hydrogens is 631 g/mol. The number of esters is 2. The van der Waals surface area contributed by atoms with Gasteiger partial charge in [0.1, 0.15) is 11.7 Å². The summed E-state index contributed by atoms with van der Waals surface area (Å²) in [5, 5.41) is 0. The van der Waals surface area contributed by atoms with Gasteiger partial charge in [0.25, 0.3) is 0 Å². The van der Waals surface area contributed by atoms with Crippen LogP contribution in [0.5, 0.6) is 0 Å². The lowest BCUT2D eigenvalue weighted by Crippen LogP contribution is -2.38. The second-order valence-electron chi connectivity index (χ2n) is 18.4. The summed E-state index contributed by atoms with van der Waals surface area (Å²) < 4.78 is 12.1. The molecule has 0 spiro atoms. The third-order valence-corrected chi connectivity index (χ3v) is 12.0. The Labute approximate surface area is 318 Å². The van der Waals surface area contributed by atoms with Crippen LogP contribution < -0.4 is 0 Å². The number of hydrogen-bond donors (Lipinski definition) is 0. The molecule has 0 aromatic carbocycles. The van der Waals surface area contributed by atoms with Crippen LogP contribution in [0.25, 0.3) is 0 Å². The summed E-state index contributed by atoms with van der Waals surface area (Å²) in [6.45, 7) is 16.7. The van der Waals surface area contributed by atoms with Crippen LogP contribution in [0.4, 0.5) is 0 Å². The average Bonchev–Trinajstić information content (AvgIpc) is 3.37. The SMILES string of the molecule is CCCCCCCCCCCCC(CCCCCCCCCCCC)C(C)(C)CC(C)(C)OC(=O)CC1CCC(OC(=O)CCCN(C)C)C1C. The van der Waals surface area contributed by atoms with Gasteiger partial charge in [-0.3, -0.25) is 9.59 Å². The van der Waals surface area contributed by atoms with Crippen molar-refractivity contribution in [2.75, 3.05) is 20.6 Å². The van der Waals surface area contributed by atoms with Gasteiger partial charge in [-0.25, -0.2) is 0 Å². The maximum Gasteiger partial charge on any atom is 0.306 e. The number of ether oxygens (including phenoxy) is 2. The first kappa shape index (κ1) is 47.9. The predicted octanol–water partition coefficient (Wildman–Crippen LogP) is 13.7. The second-order valence-corrected chi connectivity index (χ2v) is 18.4. The zero-order valence-corrected chi connectivity index (χ0v) is 35.9. The van der Waals surface area contributed by atoms with Crippen LogP contribution in [0.15, 0.2) is 0 Å². The molecule has 0 aromatic rings. The minimum Gasteiger partial charge on any atom is -0.462 e. The summed E-state index contributed by atoms with van der Waals surface area (Å²) >= 11 is 0. The molecular formula is C46H89NO4. The highest BCUT2D eigenvalue weighted by molar-refractivity contribution is 5.71. The topological polar surface area (TPSA) is 55.8 Å². The Hall–Kier alpha value is -1.10. The average molecular weight is 720 g/mol. The molecule has 0 aromatic heterocycles. The number of nitrogens with zero attached hydrogens (tertiary/aromatic N) is 1. The van der Waals surface area contributed by atoms with Gasteiger partial charge in [-0.2, -0.15) is 0 Å². The van der Waals surface area contributed by atoms with Gasteiger partial charge >= 0.3 is 11.9 Å². The minimum atomic E-state index is -0.505. The van der Waals surface area contributed by atoms with Crippen molar-refractivity contribution in [3.05, 3.63) is 0 Å². The van der Waals surface area contributed by atoms with E-state index < -0.39 is 5.60 Å². The summed E-state index contributed by atoms with van der Waals surface area (Å²) in [6, 6.07) is 0. The fraction of sp³-hybridized carbons (Fsp3) is 0.957. The molecule has 1 aliphatic rings. The smallest absolute Gasteiger partial charge is 0.306 e.